The average Bonchev–Trinajstić information content (AvgIpc) is 2.52. The fourth-order valence-corrected chi connectivity index (χ4v) is 2.62. The van der Waals surface area contributed by atoms with E-state index in [2.05, 4.69) is 5.32 Å². The van der Waals surface area contributed by atoms with Crippen molar-refractivity contribution in [3.05, 3.63) is 29.8 Å². The lowest BCUT2D eigenvalue weighted by atomic mass is 10.2. The third-order valence-corrected chi connectivity index (χ3v) is 3.60. The molecule has 126 valence electrons. The number of hydrogen-bond acceptors (Lipinski definition) is 4. The normalized spacial score (nSPS) is 20.9. The van der Waals surface area contributed by atoms with Gasteiger partial charge in [0, 0.05) is 18.7 Å². The summed E-state index contributed by atoms with van der Waals surface area (Å²) in [5.41, 5.74) is 0.505. The Morgan fingerprint density at radius 2 is 1.83 bits per heavy atom. The fraction of sp³-hybridized carbons (Fsp3) is 0.529. The summed E-state index contributed by atoms with van der Waals surface area (Å²) >= 11 is 0. The zero-order valence-corrected chi connectivity index (χ0v) is 13.9. The molecule has 0 saturated carbocycles. The van der Waals surface area contributed by atoms with Crippen molar-refractivity contribution in [2.45, 2.75) is 33.0 Å². The number of benzene rings is 1. The standard InChI is InChI=1S/C17H24N2O4/c1-4-22-15-7-5-14(6-8-15)17(21)18-9-16(20)19-10-12(2)23-13(3)11-19/h5-8,12-13H,4,9-11H2,1-3H3,(H,18,21). The molecule has 6 heteroatoms. The van der Waals surface area contributed by atoms with Gasteiger partial charge in [-0.05, 0) is 45.0 Å². The highest BCUT2D eigenvalue weighted by molar-refractivity contribution is 5.96. The molecule has 1 aliphatic heterocycles. The van der Waals surface area contributed by atoms with Crippen LogP contribution in [0.15, 0.2) is 24.3 Å². The highest BCUT2D eigenvalue weighted by Crippen LogP contribution is 2.12. The number of nitrogens with one attached hydrogen (secondary N) is 1. The second-order valence-electron chi connectivity index (χ2n) is 5.70. The number of nitrogens with zero attached hydrogens (tertiary/aromatic N) is 1. The maximum atomic E-state index is 12.2. The molecule has 2 atom stereocenters. The minimum atomic E-state index is -0.268. The molecule has 0 aromatic heterocycles. The lowest BCUT2D eigenvalue weighted by molar-refractivity contribution is -0.142. The van der Waals surface area contributed by atoms with Crippen LogP contribution in [0.25, 0.3) is 0 Å². The highest BCUT2D eigenvalue weighted by atomic mass is 16.5. The van der Waals surface area contributed by atoms with Crippen molar-refractivity contribution >= 4 is 11.8 Å². The molecule has 0 radical (unpaired) electrons. The summed E-state index contributed by atoms with van der Waals surface area (Å²) in [4.78, 5) is 26.0. The van der Waals surface area contributed by atoms with Crippen LogP contribution in [0.3, 0.4) is 0 Å². The molecule has 23 heavy (non-hydrogen) atoms. The topological polar surface area (TPSA) is 67.9 Å². The minimum absolute atomic E-state index is 0.00845. The van der Waals surface area contributed by atoms with E-state index in [-0.39, 0.29) is 30.6 Å². The lowest BCUT2D eigenvalue weighted by Gasteiger charge is -2.35. The van der Waals surface area contributed by atoms with Crippen molar-refractivity contribution in [2.24, 2.45) is 0 Å². The van der Waals surface area contributed by atoms with Crippen LogP contribution < -0.4 is 10.1 Å². The van der Waals surface area contributed by atoms with E-state index in [1.807, 2.05) is 20.8 Å². The van der Waals surface area contributed by atoms with Gasteiger partial charge in [-0.1, -0.05) is 0 Å². The average molecular weight is 320 g/mol. The second kappa shape index (κ2) is 7.97. The Kier molecular flexibility index (Phi) is 5.98. The number of ether oxygens (including phenoxy) is 2. The monoisotopic (exact) mass is 320 g/mol. The summed E-state index contributed by atoms with van der Waals surface area (Å²) in [7, 11) is 0. The van der Waals surface area contributed by atoms with Crippen LogP contribution in [0.1, 0.15) is 31.1 Å². The van der Waals surface area contributed by atoms with Crippen LogP contribution in [-0.2, 0) is 9.53 Å². The lowest BCUT2D eigenvalue weighted by Crippen LogP contribution is -2.51. The third kappa shape index (κ3) is 4.96. The molecule has 0 bridgehead atoms. The fourth-order valence-electron chi connectivity index (χ4n) is 2.62. The second-order valence-corrected chi connectivity index (χ2v) is 5.70. The van der Waals surface area contributed by atoms with Gasteiger partial charge in [0.15, 0.2) is 0 Å². The third-order valence-electron chi connectivity index (χ3n) is 3.60. The van der Waals surface area contributed by atoms with Gasteiger partial charge in [-0.15, -0.1) is 0 Å². The summed E-state index contributed by atoms with van der Waals surface area (Å²) < 4.78 is 10.9. The number of morpholine rings is 1. The van der Waals surface area contributed by atoms with E-state index in [1.54, 1.807) is 29.2 Å². The van der Waals surface area contributed by atoms with Crippen LogP contribution >= 0.6 is 0 Å². The van der Waals surface area contributed by atoms with Gasteiger partial charge in [-0.3, -0.25) is 9.59 Å². The molecule has 0 aliphatic carbocycles. The minimum Gasteiger partial charge on any atom is -0.494 e. The molecule has 1 heterocycles. The smallest absolute Gasteiger partial charge is 0.251 e. The predicted molar refractivity (Wildman–Crippen MR) is 86.5 cm³/mol. The molecule has 1 fully saturated rings. The van der Waals surface area contributed by atoms with Crippen LogP contribution in [0.5, 0.6) is 5.75 Å². The van der Waals surface area contributed by atoms with E-state index in [0.29, 0.717) is 25.3 Å². The molecule has 1 aromatic rings. The van der Waals surface area contributed by atoms with Crippen molar-refractivity contribution in [1.82, 2.24) is 10.2 Å². The zero-order chi connectivity index (χ0) is 16.8. The number of rotatable bonds is 5. The summed E-state index contributed by atoms with van der Waals surface area (Å²) in [6.07, 6.45) is 0.0361. The summed E-state index contributed by atoms with van der Waals surface area (Å²) in [6, 6.07) is 6.85. The van der Waals surface area contributed by atoms with Gasteiger partial charge in [0.25, 0.3) is 5.91 Å². The van der Waals surface area contributed by atoms with Crippen molar-refractivity contribution in [3.8, 4) is 5.75 Å². The summed E-state index contributed by atoms with van der Waals surface area (Å²) in [5, 5.41) is 2.67. The van der Waals surface area contributed by atoms with Gasteiger partial charge >= 0.3 is 0 Å². The van der Waals surface area contributed by atoms with Crippen LogP contribution in [-0.4, -0.2) is 55.2 Å². The molecular formula is C17H24N2O4. The first-order chi connectivity index (χ1) is 11.0. The number of hydrogen-bond donors (Lipinski definition) is 1. The van der Waals surface area contributed by atoms with Gasteiger partial charge in [-0.25, -0.2) is 0 Å². The summed E-state index contributed by atoms with van der Waals surface area (Å²) in [5.74, 6) is 0.360. The summed E-state index contributed by atoms with van der Waals surface area (Å²) in [6.45, 7) is 7.47. The molecule has 1 aliphatic rings. The predicted octanol–water partition coefficient (Wildman–Crippen LogP) is 1.45. The van der Waals surface area contributed by atoms with Gasteiger partial charge in [0.1, 0.15) is 5.75 Å². The quantitative estimate of drug-likeness (QED) is 0.892. The molecule has 0 spiro atoms. The molecule has 2 rings (SSSR count). The molecule has 1 N–H and O–H groups in total. The van der Waals surface area contributed by atoms with Gasteiger partial charge in [-0.2, -0.15) is 0 Å². The number of carbonyl (C=O) groups excluding carboxylic acids is 2. The molecule has 1 aromatic carbocycles. The van der Waals surface area contributed by atoms with E-state index in [1.165, 1.54) is 0 Å². The maximum Gasteiger partial charge on any atom is 0.251 e. The number of amides is 2. The van der Waals surface area contributed by atoms with E-state index in [0.717, 1.165) is 5.75 Å². The van der Waals surface area contributed by atoms with Crippen LogP contribution in [0.4, 0.5) is 0 Å². The van der Waals surface area contributed by atoms with Crippen LogP contribution in [0, 0.1) is 0 Å². The Morgan fingerprint density at radius 1 is 1.22 bits per heavy atom. The van der Waals surface area contributed by atoms with E-state index < -0.39 is 0 Å². The SMILES string of the molecule is CCOc1ccc(C(=O)NCC(=O)N2CC(C)OC(C)C2)cc1. The van der Waals surface area contributed by atoms with E-state index in [9.17, 15) is 9.59 Å². The van der Waals surface area contributed by atoms with Crippen LogP contribution in [0.2, 0.25) is 0 Å². The Morgan fingerprint density at radius 3 is 2.39 bits per heavy atom. The Hall–Kier alpha value is -2.08. The molecule has 2 unspecified atom stereocenters. The Balaban J connectivity index is 1.84. The highest BCUT2D eigenvalue weighted by Gasteiger charge is 2.25. The van der Waals surface area contributed by atoms with Crippen molar-refractivity contribution in [2.75, 3.05) is 26.2 Å². The zero-order valence-electron chi connectivity index (χ0n) is 13.9. The van der Waals surface area contributed by atoms with E-state index in [4.69, 9.17) is 9.47 Å². The molecule has 1 saturated heterocycles. The first-order valence-corrected chi connectivity index (χ1v) is 7.94. The number of carbonyl (C=O) groups is 2. The van der Waals surface area contributed by atoms with Gasteiger partial charge < -0.3 is 19.7 Å². The maximum absolute atomic E-state index is 12.2. The first-order valence-electron chi connectivity index (χ1n) is 7.94. The first kappa shape index (κ1) is 17.3. The molecule has 6 nitrogen and oxygen atoms in total. The molecular weight excluding hydrogens is 296 g/mol. The van der Waals surface area contributed by atoms with Crippen molar-refractivity contribution in [3.63, 3.8) is 0 Å². The molecule has 2 amide bonds. The largest absolute Gasteiger partial charge is 0.494 e. The van der Waals surface area contributed by atoms with Crippen molar-refractivity contribution in [1.29, 1.82) is 0 Å². The Bertz CT molecular complexity index is 534. The van der Waals surface area contributed by atoms with Gasteiger partial charge in [0.05, 0.1) is 25.4 Å². The van der Waals surface area contributed by atoms with Crippen molar-refractivity contribution < 1.29 is 19.1 Å². The van der Waals surface area contributed by atoms with E-state index >= 15 is 0 Å². The Labute approximate surface area is 136 Å². The van der Waals surface area contributed by atoms with Gasteiger partial charge in [0.2, 0.25) is 5.91 Å².